The van der Waals surface area contributed by atoms with Crippen LogP contribution in [0.15, 0.2) is 18.2 Å². The summed E-state index contributed by atoms with van der Waals surface area (Å²) in [6.45, 7) is 9.16. The molecule has 1 aromatic carbocycles. The van der Waals surface area contributed by atoms with Gasteiger partial charge in [-0.15, -0.1) is 0 Å². The molecule has 0 atom stereocenters. The lowest BCUT2D eigenvalue weighted by Gasteiger charge is -2.11. The summed E-state index contributed by atoms with van der Waals surface area (Å²) in [5.41, 5.74) is 11.3. The Hall–Kier alpha value is -1.97. The zero-order chi connectivity index (χ0) is 14.0. The van der Waals surface area contributed by atoms with Gasteiger partial charge in [-0.1, -0.05) is 13.0 Å². The van der Waals surface area contributed by atoms with Crippen molar-refractivity contribution in [3.63, 3.8) is 0 Å². The van der Waals surface area contributed by atoms with Crippen LogP contribution < -0.4 is 11.1 Å². The number of hydrogen-bond acceptors (Lipinski definition) is 3. The highest BCUT2D eigenvalue weighted by Crippen LogP contribution is 2.27. The normalized spacial score (nSPS) is 10.7. The number of anilines is 3. The maximum absolute atomic E-state index is 6.10. The molecule has 0 aliphatic heterocycles. The minimum atomic E-state index is 0.728. The van der Waals surface area contributed by atoms with E-state index in [1.165, 1.54) is 11.1 Å². The lowest BCUT2D eigenvalue weighted by Crippen LogP contribution is -2.05. The molecule has 2 aromatic rings. The molecule has 1 heterocycles. The van der Waals surface area contributed by atoms with Gasteiger partial charge in [0.15, 0.2) is 5.82 Å². The lowest BCUT2D eigenvalue weighted by molar-refractivity contribution is 0.605. The summed E-state index contributed by atoms with van der Waals surface area (Å²) in [7, 11) is 0. The smallest absolute Gasteiger partial charge is 0.152 e. The highest BCUT2D eigenvalue weighted by molar-refractivity contribution is 5.71. The molecule has 1 aromatic heterocycles. The molecule has 102 valence electrons. The van der Waals surface area contributed by atoms with E-state index in [2.05, 4.69) is 49.4 Å². The first kappa shape index (κ1) is 13.5. The van der Waals surface area contributed by atoms with Gasteiger partial charge in [0.05, 0.1) is 11.4 Å². The van der Waals surface area contributed by atoms with E-state index in [1.54, 1.807) is 0 Å². The number of nitrogens with two attached hydrogens (primary N) is 1. The van der Waals surface area contributed by atoms with Gasteiger partial charge in [-0.3, -0.25) is 0 Å². The Bertz CT molecular complexity index is 584. The standard InChI is InChI=1S/C15H22N4/c1-5-8-19-15(14(16)12(4)18-19)17-13-7-6-10(2)11(3)9-13/h6-7,9,17H,5,8,16H2,1-4H3. The molecule has 0 radical (unpaired) electrons. The second-order valence-electron chi connectivity index (χ2n) is 4.99. The predicted molar refractivity (Wildman–Crippen MR) is 80.9 cm³/mol. The van der Waals surface area contributed by atoms with Crippen LogP contribution in [0.25, 0.3) is 0 Å². The fraction of sp³-hybridized carbons (Fsp3) is 0.400. The number of nitrogens with zero attached hydrogens (tertiary/aromatic N) is 2. The van der Waals surface area contributed by atoms with Crippen LogP contribution in [-0.2, 0) is 6.54 Å². The second-order valence-corrected chi connectivity index (χ2v) is 4.99. The topological polar surface area (TPSA) is 55.9 Å². The summed E-state index contributed by atoms with van der Waals surface area (Å²) in [5, 5.41) is 7.86. The van der Waals surface area contributed by atoms with Crippen molar-refractivity contribution in [2.24, 2.45) is 0 Å². The molecule has 0 bridgehead atoms. The quantitative estimate of drug-likeness (QED) is 0.881. The molecule has 2 rings (SSSR count). The SMILES string of the molecule is CCCn1nc(C)c(N)c1Nc1ccc(C)c(C)c1. The van der Waals surface area contributed by atoms with E-state index in [0.29, 0.717) is 0 Å². The van der Waals surface area contributed by atoms with Gasteiger partial charge in [-0.2, -0.15) is 5.10 Å². The fourth-order valence-electron chi connectivity index (χ4n) is 2.06. The Morgan fingerprint density at radius 2 is 1.95 bits per heavy atom. The number of benzene rings is 1. The molecule has 4 nitrogen and oxygen atoms in total. The van der Waals surface area contributed by atoms with Gasteiger partial charge in [0.2, 0.25) is 0 Å². The van der Waals surface area contributed by atoms with E-state index in [0.717, 1.165) is 35.9 Å². The number of hydrogen-bond donors (Lipinski definition) is 2. The Kier molecular flexibility index (Phi) is 3.79. The Labute approximate surface area is 114 Å². The zero-order valence-corrected chi connectivity index (χ0v) is 12.1. The molecule has 4 heteroatoms. The summed E-state index contributed by atoms with van der Waals surface area (Å²) in [6, 6.07) is 6.31. The van der Waals surface area contributed by atoms with Crippen LogP contribution in [0.3, 0.4) is 0 Å². The molecule has 0 spiro atoms. The van der Waals surface area contributed by atoms with Gasteiger partial charge < -0.3 is 11.1 Å². The summed E-state index contributed by atoms with van der Waals surface area (Å²) in [5.74, 6) is 0.891. The molecule has 0 aliphatic carbocycles. The van der Waals surface area contributed by atoms with Crippen LogP contribution in [0, 0.1) is 20.8 Å². The van der Waals surface area contributed by atoms with E-state index >= 15 is 0 Å². The van der Waals surface area contributed by atoms with E-state index < -0.39 is 0 Å². The first-order valence-corrected chi connectivity index (χ1v) is 6.70. The maximum Gasteiger partial charge on any atom is 0.152 e. The van der Waals surface area contributed by atoms with E-state index in [4.69, 9.17) is 5.73 Å². The van der Waals surface area contributed by atoms with Crippen LogP contribution in [0.4, 0.5) is 17.2 Å². The molecular weight excluding hydrogens is 236 g/mol. The monoisotopic (exact) mass is 258 g/mol. The largest absolute Gasteiger partial charge is 0.394 e. The van der Waals surface area contributed by atoms with Crippen molar-refractivity contribution < 1.29 is 0 Å². The number of nitrogen functional groups attached to an aromatic ring is 1. The van der Waals surface area contributed by atoms with Crippen LogP contribution in [0.1, 0.15) is 30.2 Å². The third kappa shape index (κ3) is 2.72. The zero-order valence-electron chi connectivity index (χ0n) is 12.1. The van der Waals surface area contributed by atoms with Crippen molar-refractivity contribution in [3.05, 3.63) is 35.0 Å². The van der Waals surface area contributed by atoms with E-state index in [9.17, 15) is 0 Å². The van der Waals surface area contributed by atoms with E-state index in [1.807, 2.05) is 11.6 Å². The molecule has 0 aliphatic rings. The highest BCUT2D eigenvalue weighted by Gasteiger charge is 2.12. The second kappa shape index (κ2) is 5.34. The van der Waals surface area contributed by atoms with Crippen LogP contribution in [-0.4, -0.2) is 9.78 Å². The molecule has 0 saturated heterocycles. The van der Waals surface area contributed by atoms with Gasteiger partial charge >= 0.3 is 0 Å². The molecule has 19 heavy (non-hydrogen) atoms. The number of aryl methyl sites for hydroxylation is 4. The Morgan fingerprint density at radius 3 is 2.58 bits per heavy atom. The van der Waals surface area contributed by atoms with Crippen molar-refractivity contribution in [2.45, 2.75) is 40.7 Å². The predicted octanol–water partition coefficient (Wildman–Crippen LogP) is 3.54. The van der Waals surface area contributed by atoms with Gasteiger partial charge in [0.1, 0.15) is 0 Å². The Morgan fingerprint density at radius 1 is 1.21 bits per heavy atom. The van der Waals surface area contributed by atoms with Crippen molar-refractivity contribution >= 4 is 17.2 Å². The molecule has 0 unspecified atom stereocenters. The van der Waals surface area contributed by atoms with Crippen LogP contribution in [0.5, 0.6) is 0 Å². The lowest BCUT2D eigenvalue weighted by atomic mass is 10.1. The molecule has 0 fully saturated rings. The fourth-order valence-corrected chi connectivity index (χ4v) is 2.06. The highest BCUT2D eigenvalue weighted by atomic mass is 15.3. The van der Waals surface area contributed by atoms with Crippen molar-refractivity contribution in [1.82, 2.24) is 9.78 Å². The minimum absolute atomic E-state index is 0.728. The average molecular weight is 258 g/mol. The third-order valence-corrected chi connectivity index (χ3v) is 3.38. The summed E-state index contributed by atoms with van der Waals surface area (Å²) in [4.78, 5) is 0. The molecule has 0 saturated carbocycles. The minimum Gasteiger partial charge on any atom is -0.394 e. The average Bonchev–Trinajstić information content (AvgIpc) is 2.62. The summed E-state index contributed by atoms with van der Waals surface area (Å²) in [6.07, 6.45) is 1.03. The van der Waals surface area contributed by atoms with E-state index in [-0.39, 0.29) is 0 Å². The van der Waals surface area contributed by atoms with Crippen LogP contribution >= 0.6 is 0 Å². The van der Waals surface area contributed by atoms with Gasteiger partial charge in [-0.25, -0.2) is 4.68 Å². The molecular formula is C15H22N4. The molecule has 0 amide bonds. The Balaban J connectivity index is 2.34. The van der Waals surface area contributed by atoms with Gasteiger partial charge in [0.25, 0.3) is 0 Å². The molecule has 3 N–H and O–H groups in total. The number of rotatable bonds is 4. The number of aromatic nitrogens is 2. The number of nitrogens with one attached hydrogen (secondary N) is 1. The summed E-state index contributed by atoms with van der Waals surface area (Å²) >= 11 is 0. The van der Waals surface area contributed by atoms with Crippen molar-refractivity contribution in [2.75, 3.05) is 11.1 Å². The van der Waals surface area contributed by atoms with Gasteiger partial charge in [0, 0.05) is 12.2 Å². The first-order valence-electron chi connectivity index (χ1n) is 6.70. The van der Waals surface area contributed by atoms with Crippen molar-refractivity contribution in [1.29, 1.82) is 0 Å². The van der Waals surface area contributed by atoms with Crippen molar-refractivity contribution in [3.8, 4) is 0 Å². The van der Waals surface area contributed by atoms with Gasteiger partial charge in [-0.05, 0) is 50.5 Å². The van der Waals surface area contributed by atoms with Crippen LogP contribution in [0.2, 0.25) is 0 Å². The third-order valence-electron chi connectivity index (χ3n) is 3.38. The maximum atomic E-state index is 6.10. The first-order chi connectivity index (χ1) is 9.02. The summed E-state index contributed by atoms with van der Waals surface area (Å²) < 4.78 is 1.94.